The van der Waals surface area contributed by atoms with Gasteiger partial charge < -0.3 is 19.7 Å². The van der Waals surface area contributed by atoms with Crippen molar-refractivity contribution < 1.29 is 32.2 Å². The van der Waals surface area contributed by atoms with Gasteiger partial charge in [0.15, 0.2) is 0 Å². The molecule has 4 rings (SSSR count). The van der Waals surface area contributed by atoms with Crippen LogP contribution in [0.25, 0.3) is 10.9 Å². The van der Waals surface area contributed by atoms with Crippen molar-refractivity contribution >= 4 is 28.7 Å². The normalized spacial score (nSPS) is 15.1. The van der Waals surface area contributed by atoms with Gasteiger partial charge in [0.05, 0.1) is 23.2 Å². The van der Waals surface area contributed by atoms with Crippen molar-refractivity contribution in [2.24, 2.45) is 0 Å². The molecule has 2 aromatic heterocycles. The number of nitrogens with zero attached hydrogens (tertiary/aromatic N) is 4. The Kier molecular flexibility index (Phi) is 7.76. The Bertz CT molecular complexity index is 1360. The molecule has 1 N–H and O–H groups in total. The second kappa shape index (κ2) is 10.7. The van der Waals surface area contributed by atoms with E-state index >= 15 is 0 Å². The van der Waals surface area contributed by atoms with Crippen molar-refractivity contribution in [1.29, 1.82) is 0 Å². The highest BCUT2D eigenvalue weighted by atomic mass is 19.4. The molecule has 0 saturated carbocycles. The first-order chi connectivity index (χ1) is 18.2. The number of hydrogen-bond acceptors (Lipinski definition) is 6. The van der Waals surface area contributed by atoms with Crippen LogP contribution in [0, 0.1) is 0 Å². The third-order valence-corrected chi connectivity index (χ3v) is 6.00. The average molecular weight is 548 g/mol. The number of carbonyl (C=O) groups is 2. The maximum atomic E-state index is 13.1. The van der Waals surface area contributed by atoms with Crippen LogP contribution in [0.5, 0.6) is 5.75 Å². The van der Waals surface area contributed by atoms with Crippen LogP contribution in [-0.2, 0) is 10.9 Å². The maximum absolute atomic E-state index is 13.1. The minimum atomic E-state index is -4.64. The van der Waals surface area contributed by atoms with E-state index in [4.69, 9.17) is 9.47 Å². The van der Waals surface area contributed by atoms with E-state index in [1.165, 1.54) is 12.1 Å². The van der Waals surface area contributed by atoms with Crippen LogP contribution in [0.2, 0.25) is 0 Å². The summed E-state index contributed by atoms with van der Waals surface area (Å²) >= 11 is 0. The summed E-state index contributed by atoms with van der Waals surface area (Å²) in [4.78, 5) is 30.7. The summed E-state index contributed by atoms with van der Waals surface area (Å²) in [6, 6.07) is 6.60. The van der Waals surface area contributed by atoms with Crippen molar-refractivity contribution in [3.63, 3.8) is 0 Å². The number of ether oxygens (including phenoxy) is 2. The first-order valence-electron chi connectivity index (χ1n) is 12.7. The van der Waals surface area contributed by atoms with Crippen molar-refractivity contribution in [2.45, 2.75) is 71.4 Å². The highest BCUT2D eigenvalue weighted by Crippen LogP contribution is 2.31. The average Bonchev–Trinajstić information content (AvgIpc) is 3.25. The number of piperidine rings is 1. The summed E-state index contributed by atoms with van der Waals surface area (Å²) in [7, 11) is 0. The van der Waals surface area contributed by atoms with Crippen LogP contribution in [0.1, 0.15) is 69.6 Å². The summed E-state index contributed by atoms with van der Waals surface area (Å²) < 4.78 is 52.3. The Morgan fingerprint density at radius 2 is 1.79 bits per heavy atom. The van der Waals surface area contributed by atoms with Crippen molar-refractivity contribution in [3.05, 3.63) is 47.8 Å². The van der Waals surface area contributed by atoms with Gasteiger partial charge in [0.2, 0.25) is 0 Å². The Hall–Kier alpha value is -3.83. The molecule has 0 spiro atoms. The van der Waals surface area contributed by atoms with Gasteiger partial charge in [0.25, 0.3) is 5.91 Å². The molecule has 1 aromatic carbocycles. The number of halogens is 3. The zero-order chi connectivity index (χ0) is 28.5. The number of pyridine rings is 1. The van der Waals surface area contributed by atoms with E-state index in [1.54, 1.807) is 30.9 Å². The van der Waals surface area contributed by atoms with Gasteiger partial charge in [-0.2, -0.15) is 18.3 Å². The number of anilines is 1. The number of alkyl halides is 3. The van der Waals surface area contributed by atoms with E-state index < -0.39 is 23.4 Å². The number of fused-ring (bicyclic) bond motifs is 1. The van der Waals surface area contributed by atoms with E-state index in [1.807, 2.05) is 31.6 Å². The van der Waals surface area contributed by atoms with Crippen LogP contribution < -0.4 is 10.1 Å². The molecule has 1 aliphatic rings. The second-order valence-corrected chi connectivity index (χ2v) is 10.7. The topological polar surface area (TPSA) is 98.6 Å². The van der Waals surface area contributed by atoms with Gasteiger partial charge in [-0.15, -0.1) is 0 Å². The Labute approximate surface area is 224 Å². The molecule has 0 radical (unpaired) electrons. The van der Waals surface area contributed by atoms with Crippen LogP contribution in [-0.4, -0.2) is 56.5 Å². The molecule has 3 aromatic rings. The molecular weight excluding hydrogens is 515 g/mol. The van der Waals surface area contributed by atoms with E-state index in [9.17, 15) is 22.8 Å². The van der Waals surface area contributed by atoms with E-state index in [0.717, 1.165) is 6.07 Å². The molecule has 0 aliphatic carbocycles. The van der Waals surface area contributed by atoms with Crippen molar-refractivity contribution in [3.8, 4) is 5.75 Å². The van der Waals surface area contributed by atoms with Crippen molar-refractivity contribution in [2.75, 3.05) is 18.4 Å². The van der Waals surface area contributed by atoms with Gasteiger partial charge in [-0.3, -0.25) is 9.48 Å². The maximum Gasteiger partial charge on any atom is 0.433 e. The number of carbonyl (C=O) groups excluding carboxylic acids is 2. The Balaban J connectivity index is 1.55. The van der Waals surface area contributed by atoms with Gasteiger partial charge in [-0.25, -0.2) is 9.78 Å². The SMILES string of the molecule is CC(C)Oc1cc2nn(C3CCN(C(=O)OC(C)(C)C)CC3)cc2cc1C(=O)Nc1cccc(C(F)(F)F)n1. The first kappa shape index (κ1) is 28.2. The van der Waals surface area contributed by atoms with Crippen molar-refractivity contribution in [1.82, 2.24) is 19.7 Å². The molecule has 12 heteroatoms. The number of aromatic nitrogens is 3. The molecule has 210 valence electrons. The lowest BCUT2D eigenvalue weighted by Gasteiger charge is -2.33. The predicted molar refractivity (Wildman–Crippen MR) is 139 cm³/mol. The third kappa shape index (κ3) is 6.98. The predicted octanol–water partition coefficient (Wildman–Crippen LogP) is 6.06. The minimum absolute atomic E-state index is 0.0390. The van der Waals surface area contributed by atoms with Gasteiger partial charge >= 0.3 is 12.3 Å². The minimum Gasteiger partial charge on any atom is -0.490 e. The number of nitrogens with one attached hydrogen (secondary N) is 1. The van der Waals surface area contributed by atoms with E-state index in [-0.39, 0.29) is 35.4 Å². The molecule has 1 aliphatic heterocycles. The number of benzene rings is 1. The lowest BCUT2D eigenvalue weighted by atomic mass is 10.1. The number of amides is 2. The zero-order valence-electron chi connectivity index (χ0n) is 22.5. The zero-order valence-corrected chi connectivity index (χ0v) is 22.5. The van der Waals surface area contributed by atoms with Gasteiger partial charge in [0.1, 0.15) is 22.9 Å². The standard InChI is InChI=1S/C27H32F3N5O4/c1-16(2)38-21-14-20-17(13-19(21)24(36)32-23-8-6-7-22(31-23)27(28,29)30)15-35(33-20)18-9-11-34(12-10-18)25(37)39-26(3,4)5/h6-8,13-16,18H,9-12H2,1-5H3,(H,31,32,36). The molecule has 0 atom stereocenters. The number of likely N-dealkylation sites (tertiary alicyclic amines) is 1. The van der Waals surface area contributed by atoms with Gasteiger partial charge in [-0.1, -0.05) is 6.07 Å². The van der Waals surface area contributed by atoms with Crippen LogP contribution in [0.3, 0.4) is 0 Å². The summed E-state index contributed by atoms with van der Waals surface area (Å²) in [5, 5.41) is 7.80. The summed E-state index contributed by atoms with van der Waals surface area (Å²) in [5.41, 5.74) is -0.915. The molecular formula is C27H32F3N5O4. The largest absolute Gasteiger partial charge is 0.490 e. The van der Waals surface area contributed by atoms with Crippen LogP contribution in [0.4, 0.5) is 23.8 Å². The Morgan fingerprint density at radius 1 is 1.10 bits per heavy atom. The molecule has 2 amide bonds. The third-order valence-electron chi connectivity index (χ3n) is 6.00. The fourth-order valence-corrected chi connectivity index (χ4v) is 4.27. The Morgan fingerprint density at radius 3 is 2.41 bits per heavy atom. The van der Waals surface area contributed by atoms with Gasteiger partial charge in [0, 0.05) is 30.7 Å². The summed E-state index contributed by atoms with van der Waals surface area (Å²) in [5.74, 6) is -0.623. The smallest absolute Gasteiger partial charge is 0.433 e. The number of rotatable bonds is 5. The van der Waals surface area contributed by atoms with E-state index in [0.29, 0.717) is 36.8 Å². The lowest BCUT2D eigenvalue weighted by Crippen LogP contribution is -2.42. The quantitative estimate of drug-likeness (QED) is 0.417. The first-order valence-corrected chi connectivity index (χ1v) is 12.7. The fourth-order valence-electron chi connectivity index (χ4n) is 4.27. The van der Waals surface area contributed by atoms with Crippen LogP contribution >= 0.6 is 0 Å². The highest BCUT2D eigenvalue weighted by molar-refractivity contribution is 6.08. The molecule has 0 bridgehead atoms. The van der Waals surface area contributed by atoms with E-state index in [2.05, 4.69) is 15.4 Å². The molecule has 1 saturated heterocycles. The summed E-state index contributed by atoms with van der Waals surface area (Å²) in [6.07, 6.45) is -2.06. The second-order valence-electron chi connectivity index (χ2n) is 10.7. The molecule has 39 heavy (non-hydrogen) atoms. The summed E-state index contributed by atoms with van der Waals surface area (Å²) in [6.45, 7) is 10.1. The lowest BCUT2D eigenvalue weighted by molar-refractivity contribution is -0.141. The van der Waals surface area contributed by atoms with Gasteiger partial charge in [-0.05, 0) is 65.7 Å². The molecule has 1 fully saturated rings. The highest BCUT2D eigenvalue weighted by Gasteiger charge is 2.33. The number of hydrogen-bond donors (Lipinski definition) is 1. The monoisotopic (exact) mass is 547 g/mol. The molecule has 3 heterocycles. The molecule has 0 unspecified atom stereocenters. The molecule has 9 nitrogen and oxygen atoms in total. The fraction of sp³-hybridized carbons (Fsp3) is 0.481. The van der Waals surface area contributed by atoms with Crippen LogP contribution in [0.15, 0.2) is 36.5 Å².